The van der Waals surface area contributed by atoms with Crippen LogP contribution in [0.3, 0.4) is 0 Å². The first-order valence-electron chi connectivity index (χ1n) is 7.07. The van der Waals surface area contributed by atoms with E-state index in [1.165, 1.54) is 38.2 Å². The number of thioether (sulfide) groups is 1. The van der Waals surface area contributed by atoms with E-state index in [1.54, 1.807) is 6.07 Å². The zero-order valence-corrected chi connectivity index (χ0v) is 12.7. The molecule has 1 aliphatic carbocycles. The minimum absolute atomic E-state index is 0.237. The van der Waals surface area contributed by atoms with Crippen LogP contribution in [-0.4, -0.2) is 32.9 Å². The monoisotopic (exact) mass is 297 g/mol. The van der Waals surface area contributed by atoms with Gasteiger partial charge >= 0.3 is 0 Å². The maximum absolute atomic E-state index is 9.78. The maximum atomic E-state index is 9.78. The first-order chi connectivity index (χ1) is 9.58. The first kappa shape index (κ1) is 15.3. The molecule has 1 saturated carbocycles. The number of phenols is 3. The first-order valence-corrected chi connectivity index (χ1v) is 8.29. The summed E-state index contributed by atoms with van der Waals surface area (Å²) < 4.78 is 0.298. The Kier molecular flexibility index (Phi) is 5.05. The average Bonchev–Trinajstić information content (AvgIpc) is 2.48. The quantitative estimate of drug-likeness (QED) is 0.629. The molecule has 4 N–H and O–H groups in total. The van der Waals surface area contributed by atoms with Gasteiger partial charge in [0, 0.05) is 23.4 Å². The molecular weight excluding hydrogens is 274 g/mol. The van der Waals surface area contributed by atoms with Crippen molar-refractivity contribution >= 4 is 11.8 Å². The van der Waals surface area contributed by atoms with Crippen molar-refractivity contribution in [3.05, 3.63) is 17.7 Å². The SMILES string of the molecule is CSC1(CNCc2ccc(O)c(O)c2O)CCCCC1. The summed E-state index contributed by atoms with van der Waals surface area (Å²) in [5, 5.41) is 32.0. The van der Waals surface area contributed by atoms with Gasteiger partial charge in [-0.25, -0.2) is 0 Å². The number of aromatic hydroxyl groups is 3. The molecule has 1 aromatic carbocycles. The summed E-state index contributed by atoms with van der Waals surface area (Å²) in [7, 11) is 0. The average molecular weight is 297 g/mol. The Hall–Kier alpha value is -1.07. The predicted octanol–water partition coefficient (Wildman–Crippen LogP) is 2.96. The summed E-state index contributed by atoms with van der Waals surface area (Å²) in [6.45, 7) is 1.39. The molecule has 5 heteroatoms. The summed E-state index contributed by atoms with van der Waals surface area (Å²) in [5.41, 5.74) is 0.604. The van der Waals surface area contributed by atoms with E-state index < -0.39 is 5.75 Å². The maximum Gasteiger partial charge on any atom is 0.200 e. The highest BCUT2D eigenvalue weighted by Gasteiger charge is 2.30. The Morgan fingerprint density at radius 2 is 1.80 bits per heavy atom. The molecule has 0 amide bonds. The summed E-state index contributed by atoms with van der Waals surface area (Å²) in [6, 6.07) is 3.03. The fraction of sp³-hybridized carbons (Fsp3) is 0.600. The molecule has 4 nitrogen and oxygen atoms in total. The smallest absolute Gasteiger partial charge is 0.200 e. The van der Waals surface area contributed by atoms with Crippen LogP contribution in [0.15, 0.2) is 12.1 Å². The van der Waals surface area contributed by atoms with Crippen LogP contribution in [0.2, 0.25) is 0 Å². The van der Waals surface area contributed by atoms with Gasteiger partial charge in [0.1, 0.15) is 0 Å². The fourth-order valence-corrected chi connectivity index (χ4v) is 3.77. The van der Waals surface area contributed by atoms with Crippen LogP contribution in [0.5, 0.6) is 17.2 Å². The highest BCUT2D eigenvalue weighted by molar-refractivity contribution is 8.00. The lowest BCUT2D eigenvalue weighted by atomic mass is 9.88. The third-order valence-corrected chi connectivity index (χ3v) is 5.59. The van der Waals surface area contributed by atoms with Crippen LogP contribution in [0.1, 0.15) is 37.7 Å². The molecule has 1 aromatic rings. The molecule has 0 bridgehead atoms. The van der Waals surface area contributed by atoms with Crippen LogP contribution < -0.4 is 5.32 Å². The molecule has 0 heterocycles. The van der Waals surface area contributed by atoms with Gasteiger partial charge in [-0.05, 0) is 25.2 Å². The molecule has 0 atom stereocenters. The number of rotatable bonds is 5. The standard InChI is InChI=1S/C15H23NO3S/c1-20-15(7-3-2-4-8-15)10-16-9-11-5-6-12(17)14(19)13(11)18/h5-6,16-19H,2-4,7-10H2,1H3. The van der Waals surface area contributed by atoms with Crippen molar-refractivity contribution in [2.24, 2.45) is 0 Å². The largest absolute Gasteiger partial charge is 0.504 e. The normalized spacial score (nSPS) is 18.1. The van der Waals surface area contributed by atoms with Gasteiger partial charge in [-0.2, -0.15) is 11.8 Å². The van der Waals surface area contributed by atoms with Crippen molar-refractivity contribution in [3.63, 3.8) is 0 Å². The van der Waals surface area contributed by atoms with E-state index in [1.807, 2.05) is 11.8 Å². The van der Waals surface area contributed by atoms with Crippen molar-refractivity contribution in [2.45, 2.75) is 43.4 Å². The van der Waals surface area contributed by atoms with Crippen LogP contribution in [0.25, 0.3) is 0 Å². The lowest BCUT2D eigenvalue weighted by Gasteiger charge is -2.36. The molecule has 20 heavy (non-hydrogen) atoms. The second-order valence-electron chi connectivity index (χ2n) is 5.49. The highest BCUT2D eigenvalue weighted by atomic mass is 32.2. The van der Waals surface area contributed by atoms with E-state index in [9.17, 15) is 15.3 Å². The van der Waals surface area contributed by atoms with E-state index in [0.717, 1.165) is 6.54 Å². The Labute approximate surface area is 124 Å². The van der Waals surface area contributed by atoms with E-state index in [2.05, 4.69) is 11.6 Å². The van der Waals surface area contributed by atoms with Gasteiger partial charge in [-0.15, -0.1) is 0 Å². The topological polar surface area (TPSA) is 72.7 Å². The summed E-state index contributed by atoms with van der Waals surface area (Å²) in [5.74, 6) is -0.972. The van der Waals surface area contributed by atoms with Gasteiger partial charge in [0.2, 0.25) is 5.75 Å². The van der Waals surface area contributed by atoms with Crippen molar-refractivity contribution in [1.82, 2.24) is 5.32 Å². The Balaban J connectivity index is 1.94. The van der Waals surface area contributed by atoms with Crippen molar-refractivity contribution in [2.75, 3.05) is 12.8 Å². The lowest BCUT2D eigenvalue weighted by Crippen LogP contribution is -2.39. The molecule has 0 spiro atoms. The molecule has 2 rings (SSSR count). The van der Waals surface area contributed by atoms with Crippen LogP contribution in [0, 0.1) is 0 Å². The molecule has 0 aliphatic heterocycles. The summed E-state index contributed by atoms with van der Waals surface area (Å²) >= 11 is 1.92. The molecule has 0 saturated heterocycles. The highest BCUT2D eigenvalue weighted by Crippen LogP contribution is 2.39. The number of phenolic OH excluding ortho intramolecular Hbond substituents is 3. The lowest BCUT2D eigenvalue weighted by molar-refractivity contribution is 0.360. The van der Waals surface area contributed by atoms with Gasteiger partial charge in [-0.3, -0.25) is 0 Å². The van der Waals surface area contributed by atoms with Gasteiger partial charge in [0.05, 0.1) is 0 Å². The Bertz CT molecular complexity index is 459. The number of nitrogens with one attached hydrogen (secondary N) is 1. The number of hydrogen-bond acceptors (Lipinski definition) is 5. The predicted molar refractivity (Wildman–Crippen MR) is 82.5 cm³/mol. The van der Waals surface area contributed by atoms with Crippen LogP contribution >= 0.6 is 11.8 Å². The van der Waals surface area contributed by atoms with Crippen molar-refractivity contribution in [1.29, 1.82) is 0 Å². The third-order valence-electron chi connectivity index (χ3n) is 4.17. The minimum Gasteiger partial charge on any atom is -0.504 e. The van der Waals surface area contributed by atoms with Gasteiger partial charge in [-0.1, -0.05) is 25.3 Å². The van der Waals surface area contributed by atoms with Gasteiger partial charge in [0.25, 0.3) is 0 Å². The Morgan fingerprint density at radius 3 is 2.45 bits per heavy atom. The van der Waals surface area contributed by atoms with Crippen molar-refractivity contribution < 1.29 is 15.3 Å². The van der Waals surface area contributed by atoms with Gasteiger partial charge < -0.3 is 20.6 Å². The second kappa shape index (κ2) is 6.59. The minimum atomic E-state index is -0.443. The summed E-state index contributed by atoms with van der Waals surface area (Å²) in [6.07, 6.45) is 8.52. The van der Waals surface area contributed by atoms with E-state index in [4.69, 9.17) is 0 Å². The number of benzene rings is 1. The molecule has 0 aromatic heterocycles. The number of hydrogen-bond donors (Lipinski definition) is 4. The van der Waals surface area contributed by atoms with E-state index >= 15 is 0 Å². The third kappa shape index (κ3) is 3.33. The molecule has 1 fully saturated rings. The van der Waals surface area contributed by atoms with Crippen LogP contribution in [0.4, 0.5) is 0 Å². The molecular formula is C15H23NO3S. The van der Waals surface area contributed by atoms with E-state index in [-0.39, 0.29) is 11.5 Å². The van der Waals surface area contributed by atoms with Gasteiger partial charge in [0.15, 0.2) is 11.5 Å². The van der Waals surface area contributed by atoms with E-state index in [0.29, 0.717) is 16.9 Å². The second-order valence-corrected chi connectivity index (χ2v) is 6.77. The molecule has 0 unspecified atom stereocenters. The molecule has 1 aliphatic rings. The zero-order chi connectivity index (χ0) is 14.6. The fourth-order valence-electron chi connectivity index (χ4n) is 2.83. The van der Waals surface area contributed by atoms with Crippen LogP contribution in [-0.2, 0) is 6.54 Å². The Morgan fingerprint density at radius 1 is 1.10 bits per heavy atom. The summed E-state index contributed by atoms with van der Waals surface area (Å²) in [4.78, 5) is 0. The zero-order valence-electron chi connectivity index (χ0n) is 11.9. The molecule has 0 radical (unpaired) electrons. The van der Waals surface area contributed by atoms with Crippen molar-refractivity contribution in [3.8, 4) is 17.2 Å². The molecule has 112 valence electrons.